The zero-order valence-electron chi connectivity index (χ0n) is 13.1. The summed E-state index contributed by atoms with van der Waals surface area (Å²) in [7, 11) is 0. The maximum Gasteiger partial charge on any atom is 0.256 e. The van der Waals surface area contributed by atoms with E-state index >= 15 is 0 Å². The van der Waals surface area contributed by atoms with Crippen molar-refractivity contribution in [3.8, 4) is 0 Å². The Hall–Kier alpha value is -3.09. The van der Waals surface area contributed by atoms with Crippen molar-refractivity contribution in [2.75, 3.05) is 0 Å². The van der Waals surface area contributed by atoms with Crippen LogP contribution in [0.5, 0.6) is 0 Å². The molecule has 2 atom stereocenters. The van der Waals surface area contributed by atoms with Crippen LogP contribution in [0.25, 0.3) is 0 Å². The van der Waals surface area contributed by atoms with Gasteiger partial charge in [0.05, 0.1) is 0 Å². The van der Waals surface area contributed by atoms with E-state index in [1.54, 1.807) is 12.2 Å². The van der Waals surface area contributed by atoms with Gasteiger partial charge in [-0.3, -0.25) is 25.0 Å². The summed E-state index contributed by atoms with van der Waals surface area (Å²) in [5.41, 5.74) is -0.979. The topological polar surface area (TPSA) is 103 Å². The fourth-order valence-electron chi connectivity index (χ4n) is 2.73. The lowest BCUT2D eigenvalue weighted by molar-refractivity contribution is -0.535. The van der Waals surface area contributed by atoms with Gasteiger partial charge in [0.1, 0.15) is 0 Å². The smallest absolute Gasteiger partial charge is 0.256 e. The Balaban J connectivity index is 2.10. The number of hydrogen-bond donors (Lipinski definition) is 0. The standard InChI is InChI=1S/C17H14N2O5/c1-16(18(21)22)7-3-11-12-4-8-17(2,19(23)24)10-6-14(12)15(20)13(11)5-9-16/h3-10H,1-2H3. The number of fused-ring (bicyclic) bond motifs is 1. The SMILES string of the molecule is CC1([N+](=O)[O-])C=CC2=C(C=C1)C1=C(C=CC(C)([N+](=O)[O-])C=C1)C2=O. The third-order valence-electron chi connectivity index (χ3n) is 4.50. The summed E-state index contributed by atoms with van der Waals surface area (Å²) in [4.78, 5) is 34.2. The van der Waals surface area contributed by atoms with Crippen LogP contribution >= 0.6 is 0 Å². The lowest BCUT2D eigenvalue weighted by atomic mass is 10.00. The van der Waals surface area contributed by atoms with E-state index in [4.69, 9.17) is 0 Å². The fraction of sp³-hybridized carbons (Fsp3) is 0.235. The fourth-order valence-corrected chi connectivity index (χ4v) is 2.73. The number of nitrogens with zero attached hydrogens (tertiary/aromatic N) is 2. The molecule has 7 heteroatoms. The van der Waals surface area contributed by atoms with Gasteiger partial charge in [0, 0.05) is 34.8 Å². The van der Waals surface area contributed by atoms with Crippen molar-refractivity contribution in [3.05, 3.63) is 91.1 Å². The van der Waals surface area contributed by atoms with E-state index < -0.39 is 20.9 Å². The molecule has 2 unspecified atom stereocenters. The molecule has 3 aliphatic carbocycles. The Bertz CT molecular complexity index is 801. The van der Waals surface area contributed by atoms with Gasteiger partial charge in [-0.25, -0.2) is 0 Å². The van der Waals surface area contributed by atoms with Crippen LogP contribution in [-0.2, 0) is 4.79 Å². The minimum absolute atomic E-state index is 0.290. The first kappa shape index (κ1) is 15.8. The molecular weight excluding hydrogens is 312 g/mol. The van der Waals surface area contributed by atoms with E-state index in [-0.39, 0.29) is 5.78 Å². The first-order valence-corrected chi connectivity index (χ1v) is 7.27. The van der Waals surface area contributed by atoms with Crippen LogP contribution in [0.15, 0.2) is 70.9 Å². The predicted octanol–water partition coefficient (Wildman–Crippen LogP) is 2.49. The molecule has 0 aliphatic heterocycles. The lowest BCUT2D eigenvalue weighted by Gasteiger charge is -2.11. The van der Waals surface area contributed by atoms with Crippen LogP contribution in [0.4, 0.5) is 0 Å². The number of hydrogen-bond acceptors (Lipinski definition) is 5. The highest BCUT2D eigenvalue weighted by Gasteiger charge is 2.38. The molecule has 0 aromatic heterocycles. The molecule has 122 valence electrons. The molecule has 3 rings (SSSR count). The predicted molar refractivity (Wildman–Crippen MR) is 86.4 cm³/mol. The molecule has 0 fully saturated rings. The number of rotatable bonds is 2. The highest BCUT2D eigenvalue weighted by Crippen LogP contribution is 2.38. The molecular formula is C17H14N2O5. The average molecular weight is 326 g/mol. The van der Waals surface area contributed by atoms with Crippen LogP contribution in [0.3, 0.4) is 0 Å². The van der Waals surface area contributed by atoms with Gasteiger partial charge in [-0.2, -0.15) is 0 Å². The van der Waals surface area contributed by atoms with E-state index in [0.717, 1.165) is 0 Å². The molecule has 0 saturated carbocycles. The normalized spacial score (nSPS) is 31.0. The lowest BCUT2D eigenvalue weighted by Crippen LogP contribution is -2.29. The minimum Gasteiger partial charge on any atom is -0.289 e. The maximum atomic E-state index is 12.6. The number of carbonyl (C=O) groups is 1. The Morgan fingerprint density at radius 2 is 1.00 bits per heavy atom. The van der Waals surface area contributed by atoms with E-state index in [2.05, 4.69) is 0 Å². The summed E-state index contributed by atoms with van der Waals surface area (Å²) in [6, 6.07) is 0. The van der Waals surface area contributed by atoms with Crippen molar-refractivity contribution in [2.45, 2.75) is 24.9 Å². The highest BCUT2D eigenvalue weighted by atomic mass is 16.6. The van der Waals surface area contributed by atoms with Crippen LogP contribution in [0, 0.1) is 20.2 Å². The van der Waals surface area contributed by atoms with Crippen LogP contribution < -0.4 is 0 Å². The molecule has 0 aromatic rings. The van der Waals surface area contributed by atoms with Crippen LogP contribution in [-0.4, -0.2) is 26.7 Å². The summed E-state index contributed by atoms with van der Waals surface area (Å²) in [6.07, 6.45) is 11.6. The third-order valence-corrected chi connectivity index (χ3v) is 4.50. The van der Waals surface area contributed by atoms with Gasteiger partial charge in [-0.1, -0.05) is 12.2 Å². The first-order chi connectivity index (χ1) is 11.2. The Labute approximate surface area is 137 Å². The number of carbonyl (C=O) groups excluding carboxylic acids is 1. The monoisotopic (exact) mass is 326 g/mol. The molecule has 0 bridgehead atoms. The number of ketones is 1. The van der Waals surface area contributed by atoms with Gasteiger partial charge in [0.25, 0.3) is 11.1 Å². The second kappa shape index (κ2) is 4.95. The molecule has 7 nitrogen and oxygen atoms in total. The molecule has 0 amide bonds. The zero-order valence-corrected chi connectivity index (χ0v) is 13.1. The van der Waals surface area contributed by atoms with Crippen molar-refractivity contribution < 1.29 is 14.6 Å². The van der Waals surface area contributed by atoms with Crippen molar-refractivity contribution >= 4 is 5.78 Å². The highest BCUT2D eigenvalue weighted by molar-refractivity contribution is 6.18. The Morgan fingerprint density at radius 3 is 1.29 bits per heavy atom. The summed E-state index contributed by atoms with van der Waals surface area (Å²) in [6.45, 7) is 2.88. The summed E-state index contributed by atoms with van der Waals surface area (Å²) in [5, 5.41) is 22.4. The third kappa shape index (κ3) is 2.17. The number of nitro groups is 2. The molecule has 0 N–H and O–H groups in total. The molecule has 0 heterocycles. The van der Waals surface area contributed by atoms with E-state index in [9.17, 15) is 25.0 Å². The van der Waals surface area contributed by atoms with Crippen molar-refractivity contribution in [1.29, 1.82) is 0 Å². The van der Waals surface area contributed by atoms with Crippen molar-refractivity contribution in [3.63, 3.8) is 0 Å². The quantitative estimate of drug-likeness (QED) is 0.573. The van der Waals surface area contributed by atoms with Gasteiger partial charge in [-0.05, 0) is 47.6 Å². The summed E-state index contributed by atoms with van der Waals surface area (Å²) < 4.78 is 0. The molecule has 3 aliphatic rings. The van der Waals surface area contributed by atoms with Crippen LogP contribution in [0.2, 0.25) is 0 Å². The van der Waals surface area contributed by atoms with Gasteiger partial charge < -0.3 is 0 Å². The largest absolute Gasteiger partial charge is 0.289 e. The van der Waals surface area contributed by atoms with Crippen LogP contribution in [0.1, 0.15) is 13.8 Å². The molecule has 24 heavy (non-hydrogen) atoms. The first-order valence-electron chi connectivity index (χ1n) is 7.27. The minimum atomic E-state index is -1.40. The number of allylic oxidation sites excluding steroid dienone is 8. The van der Waals surface area contributed by atoms with E-state index in [1.807, 2.05) is 0 Å². The van der Waals surface area contributed by atoms with Crippen molar-refractivity contribution in [2.24, 2.45) is 0 Å². The molecule has 0 aromatic carbocycles. The van der Waals surface area contributed by atoms with Gasteiger partial charge in [0.2, 0.25) is 0 Å². The zero-order chi connectivity index (χ0) is 17.7. The number of Topliss-reactive ketones (excluding diaryl/α,β-unsaturated/α-hetero) is 1. The molecule has 0 spiro atoms. The van der Waals surface area contributed by atoms with E-state index in [0.29, 0.717) is 22.3 Å². The molecule has 0 saturated heterocycles. The van der Waals surface area contributed by atoms with Gasteiger partial charge >= 0.3 is 0 Å². The van der Waals surface area contributed by atoms with Crippen molar-refractivity contribution in [1.82, 2.24) is 0 Å². The Kier molecular flexibility index (Phi) is 3.26. The van der Waals surface area contributed by atoms with Gasteiger partial charge in [0.15, 0.2) is 5.78 Å². The average Bonchev–Trinajstić information content (AvgIpc) is 2.67. The van der Waals surface area contributed by atoms with E-state index in [1.165, 1.54) is 50.3 Å². The second-order valence-electron chi connectivity index (χ2n) is 6.28. The maximum absolute atomic E-state index is 12.6. The summed E-state index contributed by atoms with van der Waals surface area (Å²) in [5.74, 6) is -0.290. The molecule has 0 radical (unpaired) electrons. The Morgan fingerprint density at radius 1 is 0.708 bits per heavy atom. The second-order valence-corrected chi connectivity index (χ2v) is 6.28. The summed E-state index contributed by atoms with van der Waals surface area (Å²) >= 11 is 0. The van der Waals surface area contributed by atoms with Gasteiger partial charge in [-0.15, -0.1) is 0 Å².